The molecule has 0 saturated carbocycles. The van der Waals surface area contributed by atoms with Crippen molar-refractivity contribution in [3.63, 3.8) is 0 Å². The van der Waals surface area contributed by atoms with Gasteiger partial charge in [-0.2, -0.15) is 0 Å². The molecule has 2 aliphatic heterocycles. The molecule has 0 bridgehead atoms. The summed E-state index contributed by atoms with van der Waals surface area (Å²) < 4.78 is 2.53. The van der Waals surface area contributed by atoms with Crippen LogP contribution in [0.5, 0.6) is 0 Å². The maximum Gasteiger partial charge on any atom is 0.252 e. The summed E-state index contributed by atoms with van der Waals surface area (Å²) >= 11 is 0. The Bertz CT molecular complexity index is 6570. The first-order valence-corrected chi connectivity index (χ1v) is 41.4. The zero-order chi connectivity index (χ0) is 79.4. The summed E-state index contributed by atoms with van der Waals surface area (Å²) in [4.78, 5) is 16.5. The number of benzene rings is 17. The van der Waals surface area contributed by atoms with Gasteiger partial charge in [0.1, 0.15) is 0 Å². The maximum atomic E-state index is 5.55. The van der Waals surface area contributed by atoms with Crippen LogP contribution in [0.15, 0.2) is 449 Å². The highest BCUT2D eigenvalue weighted by atomic mass is 15.2. The van der Waals surface area contributed by atoms with Crippen molar-refractivity contribution in [3.8, 4) is 139 Å². The van der Waals surface area contributed by atoms with E-state index in [1.807, 2.05) is 0 Å². The van der Waals surface area contributed by atoms with Crippen LogP contribution in [0.2, 0.25) is 0 Å². The zero-order valence-electron chi connectivity index (χ0n) is 66.0. The summed E-state index contributed by atoms with van der Waals surface area (Å²) in [6.45, 7) is 0.782. The molecule has 0 N–H and O–H groups in total. The van der Waals surface area contributed by atoms with Crippen molar-refractivity contribution in [1.29, 1.82) is 0 Å². The summed E-state index contributed by atoms with van der Waals surface area (Å²) in [6.07, 6.45) is 4.20. The van der Waals surface area contributed by atoms with E-state index < -0.39 is 0 Å². The molecule has 0 atom stereocenters. The third-order valence-corrected chi connectivity index (χ3v) is 24.6. The molecule has 0 saturated heterocycles. The second kappa shape index (κ2) is 30.6. The number of aromatic nitrogens is 3. The van der Waals surface area contributed by atoms with E-state index in [1.54, 1.807) is 0 Å². The van der Waals surface area contributed by atoms with E-state index in [0.29, 0.717) is 13.1 Å². The lowest BCUT2D eigenvalue weighted by molar-refractivity contribution is 0.961. The lowest BCUT2D eigenvalue weighted by Gasteiger charge is -2.45. The minimum absolute atomic E-state index is 0.253. The molecule has 0 unspecified atom stereocenters. The van der Waals surface area contributed by atoms with Crippen LogP contribution in [0.4, 0.5) is 22.7 Å². The van der Waals surface area contributed by atoms with Gasteiger partial charge in [-0.25, -0.2) is 0 Å². The molecule has 120 heavy (non-hydrogen) atoms. The van der Waals surface area contributed by atoms with Gasteiger partial charge < -0.3 is 14.4 Å². The number of pyridine rings is 2. The maximum absolute atomic E-state index is 5.55. The Morgan fingerprint density at radius 2 is 0.492 bits per heavy atom. The van der Waals surface area contributed by atoms with Crippen LogP contribution in [-0.2, 0) is 13.1 Å². The smallest absolute Gasteiger partial charge is 0.252 e. The van der Waals surface area contributed by atoms with Crippen LogP contribution < -0.4 is 26.2 Å². The number of hydrogen-bond donors (Lipinski definition) is 0. The fourth-order valence-corrected chi connectivity index (χ4v) is 19.1. The van der Waals surface area contributed by atoms with Gasteiger partial charge >= 0.3 is 0 Å². The molecule has 0 aliphatic carbocycles. The number of fused-ring (bicyclic) bond motifs is 7. The molecule has 5 heterocycles. The molecule has 5 nitrogen and oxygen atoms in total. The molecule has 0 radical (unpaired) electrons. The number of rotatable bonds is 17. The summed E-state index contributed by atoms with van der Waals surface area (Å²) in [5, 5.41) is 2.40. The van der Waals surface area contributed by atoms with Crippen molar-refractivity contribution in [3.05, 3.63) is 460 Å². The Morgan fingerprint density at radius 3 is 0.792 bits per heavy atom. The van der Waals surface area contributed by atoms with Gasteiger partial charge in [-0.3, -0.25) is 9.97 Å². The van der Waals surface area contributed by atoms with Crippen LogP contribution in [0.25, 0.3) is 161 Å². The average molecular weight is 1530 g/mol. The number of nitrogens with zero attached hydrogens (tertiary/aromatic N) is 5. The Kier molecular flexibility index (Phi) is 18.1. The van der Waals surface area contributed by atoms with Gasteiger partial charge in [0.2, 0.25) is 0 Å². The molecule has 3 aromatic heterocycles. The van der Waals surface area contributed by atoms with Gasteiger partial charge in [0.25, 0.3) is 6.71 Å². The second-order valence-corrected chi connectivity index (χ2v) is 31.3. The largest absolute Gasteiger partial charge is 0.338 e. The Morgan fingerprint density at radius 1 is 0.217 bits per heavy atom. The number of anilines is 4. The SMILES string of the molecule is c1ccc(-c2cccc(-c3ccccc3)c2CN2c3cc(-c4ccc(-c5c(-c6ccccc6)cccc5-c5ccccc5)nc4)ccc3B3c4ccc(-c5ccc(-c6c(-c7ccccc7)cccc6-c6ccccc6)nc5)cc4N(Cc4c(-c5ccccc5)cccc4-c4ccccc4)c4cc(-n5c6ccccc6c6ccccc65)cc2c43)cc1. The molecule has 0 fully saturated rings. The van der Waals surface area contributed by atoms with E-state index in [2.05, 4.69) is 464 Å². The van der Waals surface area contributed by atoms with Crippen molar-refractivity contribution < 1.29 is 0 Å². The van der Waals surface area contributed by atoms with Crippen molar-refractivity contribution in [2.75, 3.05) is 9.80 Å². The van der Waals surface area contributed by atoms with Crippen molar-refractivity contribution in [2.24, 2.45) is 0 Å². The molecule has 17 aromatic carbocycles. The van der Waals surface area contributed by atoms with Crippen LogP contribution in [0, 0.1) is 0 Å². The van der Waals surface area contributed by atoms with E-state index in [-0.39, 0.29) is 6.71 Å². The summed E-state index contributed by atoms with van der Waals surface area (Å²) in [5.41, 5.74) is 40.6. The highest BCUT2D eigenvalue weighted by Gasteiger charge is 2.44. The summed E-state index contributed by atoms with van der Waals surface area (Å²) in [6, 6.07) is 161. The van der Waals surface area contributed by atoms with Gasteiger partial charge in [0.05, 0.1) is 28.1 Å². The molecular weight excluding hydrogens is 1450 g/mol. The minimum Gasteiger partial charge on any atom is -0.338 e. The lowest BCUT2D eigenvalue weighted by atomic mass is 9.33. The van der Waals surface area contributed by atoms with Gasteiger partial charge in [-0.05, 0) is 176 Å². The van der Waals surface area contributed by atoms with E-state index >= 15 is 0 Å². The third kappa shape index (κ3) is 12.7. The first-order chi connectivity index (χ1) is 59.6. The Hall–Kier alpha value is -15.5. The first-order valence-electron chi connectivity index (χ1n) is 41.4. The summed E-state index contributed by atoms with van der Waals surface area (Å²) in [5.74, 6) is 0. The van der Waals surface area contributed by atoms with Gasteiger partial charge in [-0.1, -0.05) is 388 Å². The predicted octanol–water partition coefficient (Wildman–Crippen LogP) is 27.4. The predicted molar refractivity (Wildman–Crippen MR) is 504 cm³/mol. The highest BCUT2D eigenvalue weighted by molar-refractivity contribution is 7.00. The molecule has 0 amide bonds. The quantitative estimate of drug-likeness (QED) is 0.0852. The molecule has 6 heteroatoms. The van der Waals surface area contributed by atoms with E-state index in [0.717, 1.165) is 151 Å². The van der Waals surface area contributed by atoms with Crippen molar-refractivity contribution in [1.82, 2.24) is 14.5 Å². The third-order valence-electron chi connectivity index (χ3n) is 24.6. The Balaban J connectivity index is 0.808. The first kappa shape index (κ1) is 71.1. The second-order valence-electron chi connectivity index (χ2n) is 31.3. The minimum atomic E-state index is -0.253. The van der Waals surface area contributed by atoms with Crippen LogP contribution in [-0.4, -0.2) is 21.2 Å². The van der Waals surface area contributed by atoms with E-state index in [9.17, 15) is 0 Å². The highest BCUT2D eigenvalue weighted by Crippen LogP contribution is 2.49. The standard InChI is InChI=1S/C114H78BN5/c1-9-33-77(34-10-1)90-51-29-52-91(78-35-11-2-12-36-78)100(90)75-118-108-69-85(87-63-67-104(116-73-87)112-94(81-41-17-5-18-42-81)55-31-56-95(112)82-43-19-6-20-44-82)61-65-102(108)115-103-66-62-86(88-64-68-105(117-74-88)113-96(83-45-21-7-22-46-83)57-32-58-97(113)84-47-23-8-24-48-84)70-109(103)119(76-101-92(79-37-13-3-14-38-79)53-30-54-93(101)80-39-15-4-16-40-80)111-72-89(71-110(118)114(111)115)120-106-59-27-25-49-98(106)99-50-26-28-60-107(99)120/h1-74H,75-76H2. The molecule has 562 valence electrons. The van der Waals surface area contributed by atoms with E-state index in [4.69, 9.17) is 9.97 Å². The Labute approximate surface area is 700 Å². The van der Waals surface area contributed by atoms with Crippen LogP contribution >= 0.6 is 0 Å². The fraction of sp³-hybridized carbons (Fsp3) is 0.0175. The summed E-state index contributed by atoms with van der Waals surface area (Å²) in [7, 11) is 0. The molecule has 0 spiro atoms. The van der Waals surface area contributed by atoms with Gasteiger partial charge in [0.15, 0.2) is 0 Å². The zero-order valence-corrected chi connectivity index (χ0v) is 66.0. The van der Waals surface area contributed by atoms with Crippen LogP contribution in [0.3, 0.4) is 0 Å². The monoisotopic (exact) mass is 1530 g/mol. The van der Waals surface area contributed by atoms with Crippen molar-refractivity contribution in [2.45, 2.75) is 13.1 Å². The van der Waals surface area contributed by atoms with Crippen molar-refractivity contribution >= 4 is 67.7 Å². The van der Waals surface area contributed by atoms with Gasteiger partial charge in [0, 0.05) is 81.3 Å². The van der Waals surface area contributed by atoms with Gasteiger partial charge in [-0.15, -0.1) is 0 Å². The molecular formula is C114H78BN5. The number of para-hydroxylation sites is 2. The average Bonchev–Trinajstić information content (AvgIpc) is 0.943. The van der Waals surface area contributed by atoms with Crippen LogP contribution in [0.1, 0.15) is 11.1 Å². The number of hydrogen-bond acceptors (Lipinski definition) is 4. The molecule has 22 rings (SSSR count). The molecule has 2 aliphatic rings. The lowest BCUT2D eigenvalue weighted by Crippen LogP contribution is -2.62. The normalized spacial score (nSPS) is 12.0. The fourth-order valence-electron chi connectivity index (χ4n) is 19.1. The van der Waals surface area contributed by atoms with E-state index in [1.165, 1.54) is 60.5 Å². The molecule has 20 aromatic rings. The topological polar surface area (TPSA) is 37.2 Å².